The van der Waals surface area contributed by atoms with Crippen molar-refractivity contribution >= 4 is 11.9 Å². The molecule has 3 rings (SSSR count). The summed E-state index contributed by atoms with van der Waals surface area (Å²) in [6, 6.07) is 15.6. The summed E-state index contributed by atoms with van der Waals surface area (Å²) >= 11 is 0. The molecule has 0 amide bonds. The molecule has 0 N–H and O–H groups in total. The molecule has 1 aromatic heterocycles. The summed E-state index contributed by atoms with van der Waals surface area (Å²) in [5.41, 5.74) is 0. The van der Waals surface area contributed by atoms with Gasteiger partial charge < -0.3 is 23.4 Å². The van der Waals surface area contributed by atoms with Gasteiger partial charge in [-0.2, -0.15) is 0 Å². The summed E-state index contributed by atoms with van der Waals surface area (Å²) in [7, 11) is 3.08. The number of hydrogen-bond acceptors (Lipinski definition) is 7. The summed E-state index contributed by atoms with van der Waals surface area (Å²) in [5, 5.41) is 0. The number of benzene rings is 2. The zero-order valence-electron chi connectivity index (χ0n) is 14.6. The topological polar surface area (TPSA) is 84.2 Å². The van der Waals surface area contributed by atoms with E-state index >= 15 is 0 Å². The average molecular weight is 368 g/mol. The van der Waals surface area contributed by atoms with Crippen LogP contribution in [0.3, 0.4) is 0 Å². The van der Waals surface area contributed by atoms with Crippen LogP contribution in [0.1, 0.15) is 21.1 Å². The quantitative estimate of drug-likeness (QED) is 0.484. The van der Waals surface area contributed by atoms with Gasteiger partial charge in [0.2, 0.25) is 11.5 Å². The minimum atomic E-state index is -0.733. The average Bonchev–Trinajstić information content (AvgIpc) is 3.20. The molecule has 0 radical (unpaired) electrons. The smallest absolute Gasteiger partial charge is 0.379 e. The lowest BCUT2D eigenvalue weighted by molar-refractivity contribution is 0.0670. The molecule has 0 aliphatic rings. The molecule has 0 aliphatic carbocycles. The zero-order valence-corrected chi connectivity index (χ0v) is 14.6. The molecule has 1 heterocycles. The van der Waals surface area contributed by atoms with Crippen LogP contribution in [0.5, 0.6) is 23.0 Å². The summed E-state index contributed by atoms with van der Waals surface area (Å²) in [4.78, 5) is 24.2. The van der Waals surface area contributed by atoms with Crippen LogP contribution in [-0.2, 0) is 0 Å². The zero-order chi connectivity index (χ0) is 19.2. The Morgan fingerprint density at radius 2 is 0.926 bits per heavy atom. The van der Waals surface area contributed by atoms with Gasteiger partial charge >= 0.3 is 11.9 Å². The first kappa shape index (κ1) is 18.1. The van der Waals surface area contributed by atoms with Crippen LogP contribution in [0, 0.1) is 0 Å². The van der Waals surface area contributed by atoms with Crippen molar-refractivity contribution in [3.63, 3.8) is 0 Å². The lowest BCUT2D eigenvalue weighted by atomic mass is 10.3. The molecule has 0 saturated carbocycles. The van der Waals surface area contributed by atoms with Gasteiger partial charge in [0.15, 0.2) is 0 Å². The van der Waals surface area contributed by atoms with Gasteiger partial charge in [-0.25, -0.2) is 9.59 Å². The van der Waals surface area contributed by atoms with E-state index in [9.17, 15) is 9.59 Å². The summed E-state index contributed by atoms with van der Waals surface area (Å²) in [6.45, 7) is 0. The molecule has 0 spiro atoms. The van der Waals surface area contributed by atoms with E-state index in [-0.39, 0.29) is 11.5 Å². The van der Waals surface area contributed by atoms with Crippen molar-refractivity contribution in [2.45, 2.75) is 0 Å². The van der Waals surface area contributed by atoms with Crippen LogP contribution >= 0.6 is 0 Å². The molecule has 0 fully saturated rings. The second-order valence-electron chi connectivity index (χ2n) is 5.29. The number of carbonyl (C=O) groups excluding carboxylic acids is 2. The number of carbonyl (C=O) groups is 2. The first-order chi connectivity index (χ1) is 13.1. The second kappa shape index (κ2) is 8.09. The molecule has 138 valence electrons. The molecule has 0 unspecified atom stereocenters. The maximum absolute atomic E-state index is 12.1. The minimum absolute atomic E-state index is 0.118. The van der Waals surface area contributed by atoms with Crippen LogP contribution in [-0.4, -0.2) is 26.2 Å². The summed E-state index contributed by atoms with van der Waals surface area (Å²) in [6.07, 6.45) is 0. The van der Waals surface area contributed by atoms with E-state index in [1.165, 1.54) is 26.4 Å². The third kappa shape index (κ3) is 4.46. The second-order valence-corrected chi connectivity index (χ2v) is 5.29. The first-order valence-corrected chi connectivity index (χ1v) is 7.91. The Morgan fingerprint density at radius 1 is 0.593 bits per heavy atom. The van der Waals surface area contributed by atoms with Gasteiger partial charge in [0.1, 0.15) is 23.0 Å². The lowest BCUT2D eigenvalue weighted by Crippen LogP contribution is -2.09. The molecule has 7 heteroatoms. The maximum atomic E-state index is 12.1. The Labute approximate surface area is 155 Å². The fourth-order valence-corrected chi connectivity index (χ4v) is 2.16. The fourth-order valence-electron chi connectivity index (χ4n) is 2.16. The number of rotatable bonds is 6. The van der Waals surface area contributed by atoms with Gasteiger partial charge in [-0.1, -0.05) is 0 Å². The van der Waals surface area contributed by atoms with Crippen LogP contribution in [0.15, 0.2) is 65.1 Å². The van der Waals surface area contributed by atoms with Crippen molar-refractivity contribution in [2.75, 3.05) is 14.2 Å². The highest BCUT2D eigenvalue weighted by Gasteiger charge is 2.19. The van der Waals surface area contributed by atoms with E-state index in [1.54, 1.807) is 48.5 Å². The van der Waals surface area contributed by atoms with E-state index < -0.39 is 11.9 Å². The van der Waals surface area contributed by atoms with Crippen molar-refractivity contribution in [3.8, 4) is 23.0 Å². The highest BCUT2D eigenvalue weighted by atomic mass is 16.6. The van der Waals surface area contributed by atoms with E-state index in [2.05, 4.69) is 0 Å². The Bertz CT molecular complexity index is 848. The number of hydrogen-bond donors (Lipinski definition) is 0. The lowest BCUT2D eigenvalue weighted by Gasteiger charge is -2.04. The minimum Gasteiger partial charge on any atom is -0.497 e. The normalized spacial score (nSPS) is 10.1. The Balaban J connectivity index is 1.63. The predicted octanol–water partition coefficient (Wildman–Crippen LogP) is 3.74. The Morgan fingerprint density at radius 3 is 1.26 bits per heavy atom. The number of ether oxygens (including phenoxy) is 4. The molecule has 0 atom stereocenters. The molecule has 0 bridgehead atoms. The van der Waals surface area contributed by atoms with Gasteiger partial charge in [0.25, 0.3) is 0 Å². The molecular formula is C20H16O7. The van der Waals surface area contributed by atoms with Gasteiger partial charge in [-0.05, 0) is 60.7 Å². The van der Waals surface area contributed by atoms with Crippen molar-refractivity contribution < 1.29 is 33.0 Å². The summed E-state index contributed by atoms with van der Waals surface area (Å²) < 4.78 is 25.7. The van der Waals surface area contributed by atoms with Crippen molar-refractivity contribution in [3.05, 3.63) is 72.2 Å². The largest absolute Gasteiger partial charge is 0.497 e. The van der Waals surface area contributed by atoms with Gasteiger partial charge in [-0.15, -0.1) is 0 Å². The highest BCUT2D eigenvalue weighted by molar-refractivity contribution is 5.92. The molecule has 27 heavy (non-hydrogen) atoms. The number of esters is 2. The van der Waals surface area contributed by atoms with Crippen LogP contribution in [0.2, 0.25) is 0 Å². The molecule has 7 nitrogen and oxygen atoms in total. The van der Waals surface area contributed by atoms with Crippen molar-refractivity contribution in [2.24, 2.45) is 0 Å². The van der Waals surface area contributed by atoms with Gasteiger partial charge in [0, 0.05) is 0 Å². The van der Waals surface area contributed by atoms with Gasteiger partial charge in [-0.3, -0.25) is 0 Å². The molecular weight excluding hydrogens is 352 g/mol. The van der Waals surface area contributed by atoms with E-state index in [1.807, 2.05) is 0 Å². The SMILES string of the molecule is COc1ccc(OC(=O)c2ccc(C(=O)Oc3ccc(OC)cc3)o2)cc1. The number of methoxy groups -OCH3 is 2. The van der Waals surface area contributed by atoms with Crippen LogP contribution in [0.25, 0.3) is 0 Å². The van der Waals surface area contributed by atoms with Crippen LogP contribution in [0.4, 0.5) is 0 Å². The maximum Gasteiger partial charge on any atom is 0.379 e. The Hall–Kier alpha value is -3.74. The molecule has 0 aliphatic heterocycles. The Kier molecular flexibility index (Phi) is 5.41. The molecule has 3 aromatic rings. The molecule has 0 saturated heterocycles. The molecule has 2 aromatic carbocycles. The highest BCUT2D eigenvalue weighted by Crippen LogP contribution is 2.21. The monoisotopic (exact) mass is 368 g/mol. The van der Waals surface area contributed by atoms with E-state index in [0.29, 0.717) is 23.0 Å². The van der Waals surface area contributed by atoms with Crippen molar-refractivity contribution in [1.82, 2.24) is 0 Å². The standard InChI is InChI=1S/C20H16O7/c1-23-13-3-7-15(8-4-13)25-19(21)17-11-12-18(27-17)20(22)26-16-9-5-14(24-2)6-10-16/h3-12H,1-2H3. The third-order valence-corrected chi connectivity index (χ3v) is 3.55. The van der Waals surface area contributed by atoms with Crippen LogP contribution < -0.4 is 18.9 Å². The fraction of sp³-hybridized carbons (Fsp3) is 0.100. The predicted molar refractivity (Wildman–Crippen MR) is 94.6 cm³/mol. The van der Waals surface area contributed by atoms with Crippen molar-refractivity contribution in [1.29, 1.82) is 0 Å². The first-order valence-electron chi connectivity index (χ1n) is 7.91. The third-order valence-electron chi connectivity index (χ3n) is 3.55. The van der Waals surface area contributed by atoms with E-state index in [4.69, 9.17) is 23.4 Å². The summed E-state index contributed by atoms with van der Waals surface area (Å²) in [5.74, 6) is 0.208. The number of furan rings is 1. The van der Waals surface area contributed by atoms with E-state index in [0.717, 1.165) is 0 Å². The van der Waals surface area contributed by atoms with Gasteiger partial charge in [0.05, 0.1) is 14.2 Å².